The standard InChI is InChI=1S/C22H28N2O6/c1-16(2)15-29-21(25)23-17-6-5-7-20(14-17)30-22(26)24(12-13-27-3)18-8-10-19(28-4)11-9-18/h5-11,14,16H,12-13,15H2,1-4H3,(H,23,25). The van der Waals surface area contributed by atoms with Gasteiger partial charge in [-0.2, -0.15) is 0 Å². The third-order valence-electron chi connectivity index (χ3n) is 3.96. The minimum atomic E-state index is -0.572. The number of ether oxygens (including phenoxy) is 4. The van der Waals surface area contributed by atoms with Crippen molar-refractivity contribution in [3.05, 3.63) is 48.5 Å². The molecule has 0 saturated carbocycles. The van der Waals surface area contributed by atoms with E-state index in [1.165, 1.54) is 4.90 Å². The Morgan fingerprint density at radius 2 is 1.77 bits per heavy atom. The van der Waals surface area contributed by atoms with Crippen LogP contribution in [0, 0.1) is 5.92 Å². The lowest BCUT2D eigenvalue weighted by Crippen LogP contribution is -2.36. The highest BCUT2D eigenvalue weighted by Crippen LogP contribution is 2.22. The number of amides is 2. The Balaban J connectivity index is 2.07. The van der Waals surface area contributed by atoms with Gasteiger partial charge in [-0.15, -0.1) is 0 Å². The van der Waals surface area contributed by atoms with Gasteiger partial charge in [0.2, 0.25) is 0 Å². The Morgan fingerprint density at radius 3 is 2.40 bits per heavy atom. The molecule has 0 fully saturated rings. The van der Waals surface area contributed by atoms with Crippen molar-refractivity contribution < 1.29 is 28.5 Å². The second kappa shape index (κ2) is 11.7. The maximum atomic E-state index is 12.8. The lowest BCUT2D eigenvalue weighted by atomic mass is 10.2. The third kappa shape index (κ3) is 7.29. The zero-order valence-corrected chi connectivity index (χ0v) is 17.7. The van der Waals surface area contributed by atoms with Crippen LogP contribution in [0.15, 0.2) is 48.5 Å². The molecule has 0 aliphatic rings. The zero-order valence-electron chi connectivity index (χ0n) is 17.7. The molecule has 8 nitrogen and oxygen atoms in total. The quantitative estimate of drug-likeness (QED) is 0.645. The summed E-state index contributed by atoms with van der Waals surface area (Å²) in [5.41, 5.74) is 1.10. The molecule has 162 valence electrons. The first-order chi connectivity index (χ1) is 14.4. The van der Waals surface area contributed by atoms with E-state index in [0.717, 1.165) is 0 Å². The summed E-state index contributed by atoms with van der Waals surface area (Å²) in [7, 11) is 3.14. The van der Waals surface area contributed by atoms with Gasteiger partial charge in [0.25, 0.3) is 0 Å². The fourth-order valence-electron chi connectivity index (χ4n) is 2.46. The molecule has 2 aromatic carbocycles. The van der Waals surface area contributed by atoms with Crippen LogP contribution in [0.4, 0.5) is 21.0 Å². The molecule has 0 atom stereocenters. The SMILES string of the molecule is COCCN(C(=O)Oc1cccc(NC(=O)OCC(C)C)c1)c1ccc(OC)cc1. The van der Waals surface area contributed by atoms with Gasteiger partial charge in [-0.05, 0) is 42.3 Å². The normalized spacial score (nSPS) is 10.4. The molecule has 0 heterocycles. The molecule has 0 radical (unpaired) electrons. The summed E-state index contributed by atoms with van der Waals surface area (Å²) >= 11 is 0. The van der Waals surface area contributed by atoms with Crippen LogP contribution in [0.1, 0.15) is 13.8 Å². The number of anilines is 2. The topological polar surface area (TPSA) is 86.3 Å². The number of methoxy groups -OCH3 is 2. The predicted molar refractivity (Wildman–Crippen MR) is 114 cm³/mol. The van der Waals surface area contributed by atoms with Gasteiger partial charge in [0.1, 0.15) is 11.5 Å². The smallest absolute Gasteiger partial charge is 0.419 e. The number of nitrogens with zero attached hydrogens (tertiary/aromatic N) is 1. The van der Waals surface area contributed by atoms with E-state index in [0.29, 0.717) is 36.9 Å². The largest absolute Gasteiger partial charge is 0.497 e. The maximum Gasteiger partial charge on any atom is 0.419 e. The molecule has 0 saturated heterocycles. The Labute approximate surface area is 176 Å². The van der Waals surface area contributed by atoms with Gasteiger partial charge in [-0.25, -0.2) is 9.59 Å². The first-order valence-electron chi connectivity index (χ1n) is 9.59. The van der Waals surface area contributed by atoms with E-state index in [-0.39, 0.29) is 11.7 Å². The van der Waals surface area contributed by atoms with Crippen LogP contribution in [-0.2, 0) is 9.47 Å². The summed E-state index contributed by atoms with van der Waals surface area (Å²) in [6.07, 6.45) is -1.14. The van der Waals surface area contributed by atoms with Crippen molar-refractivity contribution >= 4 is 23.6 Å². The van der Waals surface area contributed by atoms with Gasteiger partial charge in [0.15, 0.2) is 0 Å². The molecule has 2 rings (SSSR count). The lowest BCUT2D eigenvalue weighted by molar-refractivity contribution is 0.147. The van der Waals surface area contributed by atoms with Crippen LogP contribution in [0.3, 0.4) is 0 Å². The Hall–Kier alpha value is -3.26. The van der Waals surface area contributed by atoms with Crippen LogP contribution >= 0.6 is 0 Å². The van der Waals surface area contributed by atoms with Crippen LogP contribution in [0.5, 0.6) is 11.5 Å². The Morgan fingerprint density at radius 1 is 1.03 bits per heavy atom. The summed E-state index contributed by atoms with van der Waals surface area (Å²) in [6, 6.07) is 13.6. The average Bonchev–Trinajstić information content (AvgIpc) is 2.73. The number of carbonyl (C=O) groups is 2. The van der Waals surface area contributed by atoms with Crippen LogP contribution in [-0.4, -0.2) is 46.2 Å². The summed E-state index contributed by atoms with van der Waals surface area (Å²) in [5.74, 6) is 1.21. The fourth-order valence-corrected chi connectivity index (χ4v) is 2.46. The summed E-state index contributed by atoms with van der Waals surface area (Å²) in [5, 5.41) is 2.62. The van der Waals surface area contributed by atoms with Crippen molar-refractivity contribution in [2.45, 2.75) is 13.8 Å². The summed E-state index contributed by atoms with van der Waals surface area (Å²) < 4.78 is 20.9. The highest BCUT2D eigenvalue weighted by atomic mass is 16.6. The molecule has 0 aliphatic heterocycles. The van der Waals surface area contributed by atoms with Gasteiger partial charge in [-0.3, -0.25) is 10.2 Å². The number of nitrogens with one attached hydrogen (secondary N) is 1. The highest BCUT2D eigenvalue weighted by molar-refractivity contribution is 5.90. The number of hydrogen-bond acceptors (Lipinski definition) is 6. The molecule has 8 heteroatoms. The third-order valence-corrected chi connectivity index (χ3v) is 3.96. The number of rotatable bonds is 9. The highest BCUT2D eigenvalue weighted by Gasteiger charge is 2.18. The molecular weight excluding hydrogens is 388 g/mol. The molecule has 2 aromatic rings. The fraction of sp³-hybridized carbons (Fsp3) is 0.364. The predicted octanol–water partition coefficient (Wildman–Crippen LogP) is 4.55. The van der Waals surface area contributed by atoms with Crippen molar-refractivity contribution in [2.24, 2.45) is 5.92 Å². The van der Waals surface area contributed by atoms with Crippen LogP contribution < -0.4 is 19.7 Å². The van der Waals surface area contributed by atoms with E-state index in [1.807, 2.05) is 13.8 Å². The average molecular weight is 416 g/mol. The zero-order chi connectivity index (χ0) is 21.9. The molecule has 0 aromatic heterocycles. The molecule has 30 heavy (non-hydrogen) atoms. The van der Waals surface area contributed by atoms with E-state index in [2.05, 4.69) is 5.32 Å². The minimum Gasteiger partial charge on any atom is -0.497 e. The monoisotopic (exact) mass is 416 g/mol. The molecule has 0 unspecified atom stereocenters. The van der Waals surface area contributed by atoms with E-state index in [9.17, 15) is 9.59 Å². The van der Waals surface area contributed by atoms with E-state index < -0.39 is 12.2 Å². The second-order valence-corrected chi connectivity index (χ2v) is 6.86. The van der Waals surface area contributed by atoms with Gasteiger partial charge in [0.05, 0.1) is 26.9 Å². The first-order valence-corrected chi connectivity index (χ1v) is 9.59. The number of carbonyl (C=O) groups excluding carboxylic acids is 2. The van der Waals surface area contributed by atoms with Crippen LogP contribution in [0.2, 0.25) is 0 Å². The number of benzene rings is 2. The lowest BCUT2D eigenvalue weighted by Gasteiger charge is -2.22. The van der Waals surface area contributed by atoms with Crippen LogP contribution in [0.25, 0.3) is 0 Å². The molecule has 2 amide bonds. The molecular formula is C22H28N2O6. The molecule has 0 spiro atoms. The summed E-state index contributed by atoms with van der Waals surface area (Å²) in [6.45, 7) is 4.86. The van der Waals surface area contributed by atoms with Crippen molar-refractivity contribution in [1.82, 2.24) is 0 Å². The van der Waals surface area contributed by atoms with E-state index >= 15 is 0 Å². The van der Waals surface area contributed by atoms with Crippen molar-refractivity contribution in [3.8, 4) is 11.5 Å². The van der Waals surface area contributed by atoms with Crippen molar-refractivity contribution in [3.63, 3.8) is 0 Å². The number of hydrogen-bond donors (Lipinski definition) is 1. The van der Waals surface area contributed by atoms with Crippen molar-refractivity contribution in [2.75, 3.05) is 44.2 Å². The summed E-state index contributed by atoms with van der Waals surface area (Å²) in [4.78, 5) is 26.1. The molecule has 1 N–H and O–H groups in total. The van der Waals surface area contributed by atoms with Gasteiger partial charge < -0.3 is 18.9 Å². The second-order valence-electron chi connectivity index (χ2n) is 6.86. The molecule has 0 bridgehead atoms. The first kappa shape index (κ1) is 23.0. The van der Waals surface area contributed by atoms with Crippen molar-refractivity contribution in [1.29, 1.82) is 0 Å². The Bertz CT molecular complexity index is 823. The van der Waals surface area contributed by atoms with Gasteiger partial charge >= 0.3 is 12.2 Å². The Kier molecular flexibility index (Phi) is 8.96. The van der Waals surface area contributed by atoms with Gasteiger partial charge in [0, 0.05) is 24.6 Å². The minimum absolute atomic E-state index is 0.235. The maximum absolute atomic E-state index is 12.8. The van der Waals surface area contributed by atoms with E-state index in [4.69, 9.17) is 18.9 Å². The van der Waals surface area contributed by atoms with Gasteiger partial charge in [-0.1, -0.05) is 19.9 Å². The molecule has 0 aliphatic carbocycles. The van der Waals surface area contributed by atoms with E-state index in [1.54, 1.807) is 62.8 Å².